The van der Waals surface area contributed by atoms with E-state index in [0.29, 0.717) is 6.42 Å². The van der Waals surface area contributed by atoms with Gasteiger partial charge in [-0.3, -0.25) is 4.79 Å². The van der Waals surface area contributed by atoms with Gasteiger partial charge in [-0.15, -0.1) is 0 Å². The highest BCUT2D eigenvalue weighted by Gasteiger charge is 2.31. The first kappa shape index (κ1) is 13.4. The molecule has 0 bridgehead atoms. The number of carboxylic acids is 1. The molecular weight excluding hydrogens is 184 g/mol. The molecule has 0 amide bonds. The smallest absolute Gasteiger partial charge is 0.311 e. The van der Waals surface area contributed by atoms with Crippen molar-refractivity contribution < 1.29 is 19.7 Å². The molecule has 0 aromatic rings. The molecule has 2 N–H and O–H groups in total. The zero-order chi connectivity index (χ0) is 11.2. The maximum Gasteiger partial charge on any atom is 0.311 e. The number of rotatable bonds is 7. The fraction of sp³-hybridized carbons (Fsp3) is 0.900. The van der Waals surface area contributed by atoms with Crippen LogP contribution in [-0.4, -0.2) is 36.0 Å². The lowest BCUT2D eigenvalue weighted by atomic mass is 9.85. The van der Waals surface area contributed by atoms with Gasteiger partial charge in [0.1, 0.15) is 0 Å². The van der Waals surface area contributed by atoms with E-state index in [1.165, 1.54) is 0 Å². The lowest BCUT2D eigenvalue weighted by Crippen LogP contribution is -2.31. The van der Waals surface area contributed by atoms with Gasteiger partial charge in [0.25, 0.3) is 0 Å². The molecule has 0 radical (unpaired) electrons. The third-order valence-electron chi connectivity index (χ3n) is 2.61. The maximum absolute atomic E-state index is 10.8. The standard InChI is InChI=1S/C10H20O4/c1-8(14-3)5-4-6-10(2,7-11)9(12)13/h8,11H,4-7H2,1-3H3,(H,12,13). The molecule has 0 aliphatic heterocycles. The average molecular weight is 204 g/mol. The van der Waals surface area contributed by atoms with E-state index in [0.717, 1.165) is 12.8 Å². The van der Waals surface area contributed by atoms with Crippen LogP contribution in [0.2, 0.25) is 0 Å². The molecule has 0 aromatic heterocycles. The van der Waals surface area contributed by atoms with Crippen molar-refractivity contribution in [1.29, 1.82) is 0 Å². The first-order chi connectivity index (χ1) is 6.46. The van der Waals surface area contributed by atoms with Crippen LogP contribution in [0.5, 0.6) is 0 Å². The highest BCUT2D eigenvalue weighted by molar-refractivity contribution is 5.74. The zero-order valence-electron chi connectivity index (χ0n) is 9.12. The second-order valence-corrected chi connectivity index (χ2v) is 3.96. The fourth-order valence-corrected chi connectivity index (χ4v) is 1.15. The summed E-state index contributed by atoms with van der Waals surface area (Å²) in [7, 11) is 1.63. The number of carbonyl (C=O) groups is 1. The second-order valence-electron chi connectivity index (χ2n) is 3.96. The SMILES string of the molecule is COC(C)CCCC(C)(CO)C(=O)O. The Morgan fingerprint density at radius 1 is 1.57 bits per heavy atom. The summed E-state index contributed by atoms with van der Waals surface area (Å²) in [5.41, 5.74) is -1.01. The van der Waals surface area contributed by atoms with E-state index >= 15 is 0 Å². The van der Waals surface area contributed by atoms with Gasteiger partial charge in [0.2, 0.25) is 0 Å². The van der Waals surface area contributed by atoms with Gasteiger partial charge in [0.15, 0.2) is 0 Å². The number of hydrogen-bond donors (Lipinski definition) is 2. The predicted molar refractivity (Wildman–Crippen MR) is 53.2 cm³/mol. The third-order valence-corrected chi connectivity index (χ3v) is 2.61. The molecule has 2 unspecified atom stereocenters. The largest absolute Gasteiger partial charge is 0.481 e. The number of aliphatic hydroxyl groups excluding tert-OH is 1. The number of carboxylic acid groups (broad SMARTS) is 1. The predicted octanol–water partition coefficient (Wildman–Crippen LogP) is 1.27. The van der Waals surface area contributed by atoms with Crippen LogP contribution in [0.4, 0.5) is 0 Å². The van der Waals surface area contributed by atoms with Gasteiger partial charge in [-0.2, -0.15) is 0 Å². The van der Waals surface area contributed by atoms with Crippen LogP contribution in [0, 0.1) is 5.41 Å². The maximum atomic E-state index is 10.8. The first-order valence-corrected chi connectivity index (χ1v) is 4.83. The van der Waals surface area contributed by atoms with Crippen LogP contribution in [0.25, 0.3) is 0 Å². The van der Waals surface area contributed by atoms with Crippen molar-refractivity contribution in [2.75, 3.05) is 13.7 Å². The molecule has 0 aliphatic rings. The summed E-state index contributed by atoms with van der Waals surface area (Å²) in [6.45, 7) is 3.19. The van der Waals surface area contributed by atoms with Crippen molar-refractivity contribution in [1.82, 2.24) is 0 Å². The highest BCUT2D eigenvalue weighted by Crippen LogP contribution is 2.24. The van der Waals surface area contributed by atoms with Gasteiger partial charge in [0.05, 0.1) is 18.1 Å². The Kier molecular flexibility index (Phi) is 5.72. The summed E-state index contributed by atoms with van der Waals surface area (Å²) in [6.07, 6.45) is 2.19. The summed E-state index contributed by atoms with van der Waals surface area (Å²) in [6, 6.07) is 0. The second kappa shape index (κ2) is 5.98. The molecule has 0 saturated carbocycles. The van der Waals surface area contributed by atoms with Gasteiger partial charge in [-0.25, -0.2) is 0 Å². The molecule has 0 fully saturated rings. The molecule has 0 saturated heterocycles. The lowest BCUT2D eigenvalue weighted by molar-refractivity contribution is -0.150. The van der Waals surface area contributed by atoms with Crippen molar-refractivity contribution in [2.45, 2.75) is 39.2 Å². The van der Waals surface area contributed by atoms with Gasteiger partial charge < -0.3 is 14.9 Å². The van der Waals surface area contributed by atoms with Crippen LogP contribution in [0.3, 0.4) is 0 Å². The average Bonchev–Trinajstić information content (AvgIpc) is 2.16. The number of aliphatic carboxylic acids is 1. The van der Waals surface area contributed by atoms with Crippen molar-refractivity contribution in [2.24, 2.45) is 5.41 Å². The summed E-state index contributed by atoms with van der Waals surface area (Å²) in [4.78, 5) is 10.8. The van der Waals surface area contributed by atoms with Crippen molar-refractivity contribution in [3.63, 3.8) is 0 Å². The van der Waals surface area contributed by atoms with Gasteiger partial charge in [0, 0.05) is 7.11 Å². The Bertz CT molecular complexity index is 181. The van der Waals surface area contributed by atoms with E-state index in [4.69, 9.17) is 14.9 Å². The van der Waals surface area contributed by atoms with Crippen LogP contribution >= 0.6 is 0 Å². The lowest BCUT2D eigenvalue weighted by Gasteiger charge is -2.22. The van der Waals surface area contributed by atoms with Gasteiger partial charge in [-0.1, -0.05) is 0 Å². The molecule has 4 nitrogen and oxygen atoms in total. The molecule has 2 atom stereocenters. The molecule has 0 rings (SSSR count). The van der Waals surface area contributed by atoms with Crippen LogP contribution in [-0.2, 0) is 9.53 Å². The molecule has 0 aromatic carbocycles. The Hall–Kier alpha value is -0.610. The number of hydrogen-bond acceptors (Lipinski definition) is 3. The minimum absolute atomic E-state index is 0.145. The summed E-state index contributed by atoms with van der Waals surface area (Å²) >= 11 is 0. The van der Waals surface area contributed by atoms with Crippen LogP contribution < -0.4 is 0 Å². The Morgan fingerprint density at radius 3 is 2.50 bits per heavy atom. The summed E-state index contributed by atoms with van der Waals surface area (Å²) < 4.78 is 5.05. The quantitative estimate of drug-likeness (QED) is 0.655. The van der Waals surface area contributed by atoms with Crippen molar-refractivity contribution in [3.8, 4) is 0 Å². The zero-order valence-corrected chi connectivity index (χ0v) is 9.12. The molecule has 0 aliphatic carbocycles. The molecule has 14 heavy (non-hydrogen) atoms. The van der Waals surface area contributed by atoms with E-state index in [2.05, 4.69) is 0 Å². The Labute approximate surface area is 84.9 Å². The van der Waals surface area contributed by atoms with Gasteiger partial charge >= 0.3 is 5.97 Å². The van der Waals surface area contributed by atoms with Crippen LogP contribution in [0.1, 0.15) is 33.1 Å². The first-order valence-electron chi connectivity index (χ1n) is 4.83. The third kappa shape index (κ3) is 4.07. The van der Waals surface area contributed by atoms with Gasteiger partial charge in [-0.05, 0) is 33.1 Å². The normalized spacial score (nSPS) is 17.4. The number of aliphatic hydroxyl groups is 1. The molecule has 84 valence electrons. The molecule has 0 spiro atoms. The van der Waals surface area contributed by atoms with E-state index in [9.17, 15) is 4.79 Å². The number of methoxy groups -OCH3 is 1. The Balaban J connectivity index is 3.90. The van der Waals surface area contributed by atoms with Crippen molar-refractivity contribution in [3.05, 3.63) is 0 Å². The van der Waals surface area contributed by atoms with Crippen LogP contribution in [0.15, 0.2) is 0 Å². The Morgan fingerprint density at radius 2 is 2.14 bits per heavy atom. The highest BCUT2D eigenvalue weighted by atomic mass is 16.5. The number of ether oxygens (including phenoxy) is 1. The van der Waals surface area contributed by atoms with E-state index in [1.54, 1.807) is 14.0 Å². The van der Waals surface area contributed by atoms with E-state index < -0.39 is 11.4 Å². The summed E-state index contributed by atoms with van der Waals surface area (Å²) in [5, 5.41) is 17.8. The molecule has 4 heteroatoms. The molecular formula is C10H20O4. The monoisotopic (exact) mass is 204 g/mol. The van der Waals surface area contributed by atoms with E-state index in [1.807, 2.05) is 6.92 Å². The summed E-state index contributed by atoms with van der Waals surface area (Å²) in [5.74, 6) is -0.940. The minimum atomic E-state index is -1.01. The topological polar surface area (TPSA) is 66.8 Å². The minimum Gasteiger partial charge on any atom is -0.481 e. The van der Waals surface area contributed by atoms with E-state index in [-0.39, 0.29) is 12.7 Å². The fourth-order valence-electron chi connectivity index (χ4n) is 1.15. The van der Waals surface area contributed by atoms with Crippen molar-refractivity contribution >= 4 is 5.97 Å². The molecule has 0 heterocycles.